The average molecular weight is 482 g/mol. The minimum absolute atomic E-state index is 0.0386. The zero-order valence-electron chi connectivity index (χ0n) is 19.0. The summed E-state index contributed by atoms with van der Waals surface area (Å²) in [4.78, 5) is 17.1. The second-order valence-electron chi connectivity index (χ2n) is 10.3. The van der Waals surface area contributed by atoms with Crippen molar-refractivity contribution in [3.05, 3.63) is 17.2 Å². The van der Waals surface area contributed by atoms with Gasteiger partial charge in [-0.25, -0.2) is 13.8 Å². The van der Waals surface area contributed by atoms with Crippen LogP contribution in [-0.4, -0.2) is 75.1 Å². The van der Waals surface area contributed by atoms with Gasteiger partial charge in [0.05, 0.1) is 16.5 Å². The standard InChI is InChI=1S/C23H30ClF2N5O2/c1-22(2,32)14-5-3-7-30(11-14)20-16-10-27-19(24)17(26)18(16)28-21(29-20)33-13-23-6-4-8-31(23)12-15(25)9-23/h10,14-15,32H,3-9,11-13H2,1-2H3/t14?,15-,23+/m1/s1. The first-order valence-electron chi connectivity index (χ1n) is 11.7. The maximum absolute atomic E-state index is 14.9. The lowest BCUT2D eigenvalue weighted by atomic mass is 9.84. The predicted molar refractivity (Wildman–Crippen MR) is 122 cm³/mol. The summed E-state index contributed by atoms with van der Waals surface area (Å²) in [6.07, 6.45) is 4.67. The van der Waals surface area contributed by atoms with E-state index in [4.69, 9.17) is 16.3 Å². The fourth-order valence-electron chi connectivity index (χ4n) is 5.70. The second-order valence-corrected chi connectivity index (χ2v) is 10.6. The van der Waals surface area contributed by atoms with Gasteiger partial charge < -0.3 is 14.7 Å². The Bertz CT molecular complexity index is 1050. The summed E-state index contributed by atoms with van der Waals surface area (Å²) >= 11 is 5.95. The molecule has 0 radical (unpaired) electrons. The molecular weight excluding hydrogens is 452 g/mol. The van der Waals surface area contributed by atoms with E-state index in [0.717, 1.165) is 32.2 Å². The van der Waals surface area contributed by atoms with Crippen LogP contribution in [0.4, 0.5) is 14.6 Å². The molecule has 1 N–H and O–H groups in total. The molecule has 3 fully saturated rings. The van der Waals surface area contributed by atoms with Crippen molar-refractivity contribution in [1.82, 2.24) is 19.9 Å². The van der Waals surface area contributed by atoms with Crippen molar-refractivity contribution in [3.8, 4) is 6.01 Å². The average Bonchev–Trinajstić information content (AvgIpc) is 3.30. The Morgan fingerprint density at radius 1 is 1.27 bits per heavy atom. The smallest absolute Gasteiger partial charge is 0.319 e. The SMILES string of the molecule is CC(C)(O)C1CCCN(c2nc(OC[C@@]34CCCN3C[C@H](F)C4)nc3c(F)c(Cl)ncc23)C1. The second kappa shape index (κ2) is 8.43. The van der Waals surface area contributed by atoms with Crippen molar-refractivity contribution in [2.45, 2.75) is 63.3 Å². The molecule has 5 heterocycles. The maximum Gasteiger partial charge on any atom is 0.319 e. The number of aromatic nitrogens is 3. The molecule has 0 spiro atoms. The molecule has 3 aliphatic heterocycles. The van der Waals surface area contributed by atoms with Gasteiger partial charge in [-0.05, 0) is 46.1 Å². The van der Waals surface area contributed by atoms with E-state index in [2.05, 4.69) is 19.9 Å². The molecule has 0 amide bonds. The topological polar surface area (TPSA) is 74.6 Å². The molecule has 3 aliphatic rings. The third-order valence-corrected chi connectivity index (χ3v) is 7.82. The molecule has 7 nitrogen and oxygen atoms in total. The van der Waals surface area contributed by atoms with Crippen LogP contribution >= 0.6 is 11.6 Å². The fraction of sp³-hybridized carbons (Fsp3) is 0.696. The number of alkyl halides is 1. The van der Waals surface area contributed by atoms with Crippen molar-refractivity contribution in [2.75, 3.05) is 37.7 Å². The third-order valence-electron chi connectivity index (χ3n) is 7.55. The minimum Gasteiger partial charge on any atom is -0.461 e. The van der Waals surface area contributed by atoms with Crippen LogP contribution in [0, 0.1) is 11.7 Å². The maximum atomic E-state index is 14.9. The van der Waals surface area contributed by atoms with Gasteiger partial charge in [0.1, 0.15) is 24.1 Å². The number of anilines is 1. The molecular formula is C23H30ClF2N5O2. The lowest BCUT2D eigenvalue weighted by Gasteiger charge is -2.39. The Hall–Kier alpha value is -1.84. The fourth-order valence-corrected chi connectivity index (χ4v) is 5.84. The van der Waals surface area contributed by atoms with Crippen molar-refractivity contribution in [3.63, 3.8) is 0 Å². The van der Waals surface area contributed by atoms with Gasteiger partial charge in [-0.1, -0.05) is 11.6 Å². The van der Waals surface area contributed by atoms with Crippen LogP contribution in [0.1, 0.15) is 46.0 Å². The summed E-state index contributed by atoms with van der Waals surface area (Å²) in [6.45, 7) is 6.43. The first-order valence-corrected chi connectivity index (χ1v) is 12.0. The largest absolute Gasteiger partial charge is 0.461 e. The highest BCUT2D eigenvalue weighted by Crippen LogP contribution is 2.41. The van der Waals surface area contributed by atoms with E-state index >= 15 is 0 Å². The van der Waals surface area contributed by atoms with Crippen LogP contribution in [0.5, 0.6) is 6.01 Å². The van der Waals surface area contributed by atoms with Crippen LogP contribution < -0.4 is 9.64 Å². The lowest BCUT2D eigenvalue weighted by Crippen LogP contribution is -2.45. The number of fused-ring (bicyclic) bond motifs is 2. The molecule has 2 aromatic rings. The van der Waals surface area contributed by atoms with Crippen LogP contribution in [-0.2, 0) is 0 Å². The lowest BCUT2D eigenvalue weighted by molar-refractivity contribution is 0.0110. The molecule has 33 heavy (non-hydrogen) atoms. The Balaban J connectivity index is 1.49. The Labute approximate surface area is 197 Å². The van der Waals surface area contributed by atoms with E-state index in [-0.39, 0.29) is 34.7 Å². The Kier molecular flexibility index (Phi) is 5.86. The Morgan fingerprint density at radius 3 is 2.88 bits per heavy atom. The first-order chi connectivity index (χ1) is 15.7. The zero-order chi connectivity index (χ0) is 23.4. The van der Waals surface area contributed by atoms with Crippen LogP contribution in [0.25, 0.3) is 10.9 Å². The van der Waals surface area contributed by atoms with Gasteiger partial charge in [0.15, 0.2) is 11.0 Å². The number of nitrogens with zero attached hydrogens (tertiary/aromatic N) is 5. The minimum atomic E-state index is -0.864. The van der Waals surface area contributed by atoms with Gasteiger partial charge in [0.2, 0.25) is 0 Å². The van der Waals surface area contributed by atoms with E-state index in [9.17, 15) is 13.9 Å². The normalized spacial score (nSPS) is 28.5. The summed E-state index contributed by atoms with van der Waals surface area (Å²) in [6, 6.07) is 0.0487. The molecule has 5 rings (SSSR count). The molecule has 0 saturated carbocycles. The number of piperidine rings is 1. The van der Waals surface area contributed by atoms with Crippen molar-refractivity contribution in [2.24, 2.45) is 5.92 Å². The number of rotatable bonds is 5. The molecule has 1 unspecified atom stereocenters. The summed E-state index contributed by atoms with van der Waals surface area (Å²) in [5.74, 6) is -0.164. The van der Waals surface area contributed by atoms with Gasteiger partial charge in [0.25, 0.3) is 0 Å². The summed E-state index contributed by atoms with van der Waals surface area (Å²) in [5, 5.41) is 10.7. The molecule has 2 aromatic heterocycles. The summed E-state index contributed by atoms with van der Waals surface area (Å²) in [7, 11) is 0. The van der Waals surface area contributed by atoms with Crippen LogP contribution in [0.15, 0.2) is 6.20 Å². The molecule has 0 aromatic carbocycles. The van der Waals surface area contributed by atoms with Crippen molar-refractivity contribution < 1.29 is 18.6 Å². The highest BCUT2D eigenvalue weighted by Gasteiger charge is 2.49. The van der Waals surface area contributed by atoms with Gasteiger partial charge in [-0.3, -0.25) is 4.90 Å². The molecule has 0 bridgehead atoms. The highest BCUT2D eigenvalue weighted by atomic mass is 35.5. The zero-order valence-corrected chi connectivity index (χ0v) is 19.8. The molecule has 3 atom stereocenters. The van der Waals surface area contributed by atoms with Gasteiger partial charge in [-0.2, -0.15) is 9.97 Å². The number of ether oxygens (including phenoxy) is 1. The molecule has 10 heteroatoms. The van der Waals surface area contributed by atoms with E-state index < -0.39 is 17.6 Å². The van der Waals surface area contributed by atoms with E-state index in [0.29, 0.717) is 37.3 Å². The number of aliphatic hydroxyl groups is 1. The number of halogens is 3. The van der Waals surface area contributed by atoms with Crippen molar-refractivity contribution in [1.29, 1.82) is 0 Å². The summed E-state index contributed by atoms with van der Waals surface area (Å²) in [5.41, 5.74) is -1.15. The quantitative estimate of drug-likeness (QED) is 0.652. The number of hydrogen-bond donors (Lipinski definition) is 1. The molecule has 0 aliphatic carbocycles. The van der Waals surface area contributed by atoms with Gasteiger partial charge >= 0.3 is 6.01 Å². The monoisotopic (exact) mass is 481 g/mol. The number of hydrogen-bond acceptors (Lipinski definition) is 7. The molecule has 180 valence electrons. The Morgan fingerprint density at radius 2 is 2.09 bits per heavy atom. The van der Waals surface area contributed by atoms with Crippen LogP contribution in [0.2, 0.25) is 5.15 Å². The van der Waals surface area contributed by atoms with Gasteiger partial charge in [0, 0.05) is 38.2 Å². The highest BCUT2D eigenvalue weighted by molar-refractivity contribution is 6.30. The van der Waals surface area contributed by atoms with Crippen molar-refractivity contribution >= 4 is 28.3 Å². The summed E-state index contributed by atoms with van der Waals surface area (Å²) < 4.78 is 35.1. The van der Waals surface area contributed by atoms with E-state index in [1.54, 1.807) is 13.8 Å². The molecule has 3 saturated heterocycles. The van der Waals surface area contributed by atoms with E-state index in [1.165, 1.54) is 6.20 Å². The van der Waals surface area contributed by atoms with Gasteiger partial charge in [-0.15, -0.1) is 0 Å². The van der Waals surface area contributed by atoms with Crippen LogP contribution in [0.3, 0.4) is 0 Å². The third kappa shape index (κ3) is 4.23. The first kappa shape index (κ1) is 22.9. The number of pyridine rings is 1. The van der Waals surface area contributed by atoms with E-state index in [1.807, 2.05) is 4.90 Å². The predicted octanol–water partition coefficient (Wildman–Crippen LogP) is 3.76.